The lowest BCUT2D eigenvalue weighted by Crippen LogP contribution is -2.10. The van der Waals surface area contributed by atoms with Gasteiger partial charge < -0.3 is 11.1 Å². The molecular weight excluding hydrogens is 278 g/mol. The zero-order chi connectivity index (χ0) is 15.1. The Hall–Kier alpha value is -2.76. The normalized spacial score (nSPS) is 13.0. The van der Waals surface area contributed by atoms with Gasteiger partial charge in [0.15, 0.2) is 11.6 Å². The summed E-state index contributed by atoms with van der Waals surface area (Å²) in [7, 11) is 0. The summed E-state index contributed by atoms with van der Waals surface area (Å²) in [6, 6.07) is 6.42. The molecule has 0 saturated carbocycles. The Labute approximate surface area is 118 Å². The van der Waals surface area contributed by atoms with Gasteiger partial charge in [-0.3, -0.25) is 9.59 Å². The Morgan fingerprint density at radius 1 is 1.19 bits per heavy atom. The van der Waals surface area contributed by atoms with Crippen molar-refractivity contribution >= 4 is 23.1 Å². The maximum Gasteiger partial charge on any atom is 0.228 e. The van der Waals surface area contributed by atoms with E-state index in [2.05, 4.69) is 5.32 Å². The fraction of sp³-hybridized carbons (Fsp3) is 0.0667. The van der Waals surface area contributed by atoms with Gasteiger partial charge in [-0.05, 0) is 35.9 Å². The lowest BCUT2D eigenvalue weighted by Gasteiger charge is -2.07. The number of fused-ring (bicyclic) bond motifs is 1. The van der Waals surface area contributed by atoms with E-state index in [0.717, 1.165) is 12.1 Å². The van der Waals surface area contributed by atoms with Crippen molar-refractivity contribution in [3.8, 4) is 0 Å². The molecule has 0 fully saturated rings. The number of hydrogen-bond acceptors (Lipinski definition) is 3. The summed E-state index contributed by atoms with van der Waals surface area (Å²) >= 11 is 0. The maximum atomic E-state index is 13.9. The molecule has 6 heteroatoms. The highest BCUT2D eigenvalue weighted by molar-refractivity contribution is 6.11. The molecule has 0 radical (unpaired) electrons. The minimum Gasteiger partial charge on any atom is -0.396 e. The Kier molecular flexibility index (Phi) is 2.94. The molecule has 0 spiro atoms. The number of hydrogen-bond donors (Lipinski definition) is 2. The number of rotatable bonds is 2. The predicted octanol–water partition coefficient (Wildman–Crippen LogP) is 2.27. The third-order valence-corrected chi connectivity index (χ3v) is 3.34. The fourth-order valence-electron chi connectivity index (χ4n) is 2.29. The van der Waals surface area contributed by atoms with Crippen molar-refractivity contribution in [2.75, 3.05) is 11.1 Å². The summed E-state index contributed by atoms with van der Waals surface area (Å²) < 4.78 is 27.6. The minimum absolute atomic E-state index is 0.105. The fourth-order valence-corrected chi connectivity index (χ4v) is 2.29. The van der Waals surface area contributed by atoms with Gasteiger partial charge in [-0.15, -0.1) is 0 Å². The van der Waals surface area contributed by atoms with Crippen molar-refractivity contribution < 1.29 is 18.4 Å². The highest BCUT2D eigenvalue weighted by atomic mass is 19.1. The number of carbonyl (C=O) groups excluding carboxylic acids is 2. The van der Waals surface area contributed by atoms with Crippen LogP contribution in [0.2, 0.25) is 0 Å². The monoisotopic (exact) mass is 288 g/mol. The average molecular weight is 288 g/mol. The molecule has 2 aromatic rings. The van der Waals surface area contributed by atoms with Crippen LogP contribution in [0.4, 0.5) is 20.2 Å². The van der Waals surface area contributed by atoms with Gasteiger partial charge in [0.1, 0.15) is 5.82 Å². The molecule has 0 aromatic heterocycles. The van der Waals surface area contributed by atoms with E-state index in [-0.39, 0.29) is 23.6 Å². The lowest BCUT2D eigenvalue weighted by atomic mass is 9.99. The molecule has 4 nitrogen and oxygen atoms in total. The number of nitrogen functional groups attached to an aromatic ring is 1. The molecule has 0 saturated heterocycles. The van der Waals surface area contributed by atoms with Crippen molar-refractivity contribution in [3.05, 3.63) is 58.7 Å². The van der Waals surface area contributed by atoms with Crippen LogP contribution in [-0.2, 0) is 11.2 Å². The van der Waals surface area contributed by atoms with Gasteiger partial charge in [0.05, 0.1) is 17.7 Å². The zero-order valence-corrected chi connectivity index (χ0v) is 10.7. The second kappa shape index (κ2) is 4.66. The molecule has 1 amide bonds. The third kappa shape index (κ3) is 2.14. The molecule has 0 aliphatic carbocycles. The van der Waals surface area contributed by atoms with Crippen LogP contribution in [0.15, 0.2) is 30.3 Å². The number of benzene rings is 2. The molecule has 3 rings (SSSR count). The lowest BCUT2D eigenvalue weighted by molar-refractivity contribution is -0.115. The van der Waals surface area contributed by atoms with Crippen molar-refractivity contribution in [2.24, 2.45) is 0 Å². The number of halogens is 2. The molecule has 2 aromatic carbocycles. The number of ketones is 1. The topological polar surface area (TPSA) is 72.2 Å². The van der Waals surface area contributed by atoms with Gasteiger partial charge >= 0.3 is 0 Å². The Morgan fingerprint density at radius 3 is 2.71 bits per heavy atom. The summed E-state index contributed by atoms with van der Waals surface area (Å²) in [6.45, 7) is 0. The Bertz CT molecular complexity index is 787. The summed E-state index contributed by atoms with van der Waals surface area (Å²) in [5.74, 6) is -3.04. The second-order valence-corrected chi connectivity index (χ2v) is 4.75. The predicted molar refractivity (Wildman–Crippen MR) is 73.0 cm³/mol. The quantitative estimate of drug-likeness (QED) is 0.657. The van der Waals surface area contributed by atoms with Crippen LogP contribution in [-0.4, -0.2) is 11.7 Å². The first-order chi connectivity index (χ1) is 9.97. The number of amides is 1. The SMILES string of the molecule is Nc1ccc(F)c(C(=O)c2ccc3c(c2)CC(=O)N3)c1F. The van der Waals surface area contributed by atoms with Gasteiger partial charge in [-0.2, -0.15) is 0 Å². The molecule has 3 N–H and O–H groups in total. The van der Waals surface area contributed by atoms with Crippen LogP contribution >= 0.6 is 0 Å². The summed E-state index contributed by atoms with van der Waals surface area (Å²) in [5.41, 5.74) is 5.71. The number of anilines is 2. The summed E-state index contributed by atoms with van der Waals surface area (Å²) in [4.78, 5) is 23.6. The Morgan fingerprint density at radius 2 is 1.95 bits per heavy atom. The zero-order valence-electron chi connectivity index (χ0n) is 10.7. The standard InChI is InChI=1S/C15H10F2N2O2/c16-9-2-3-10(18)14(17)13(9)15(21)7-1-4-11-8(5-7)6-12(20)19-11/h1-5H,6,18H2,(H,19,20). The van der Waals surface area contributed by atoms with Crippen molar-refractivity contribution in [2.45, 2.75) is 6.42 Å². The first-order valence-electron chi connectivity index (χ1n) is 6.18. The van der Waals surface area contributed by atoms with E-state index in [1.807, 2.05) is 0 Å². The largest absolute Gasteiger partial charge is 0.396 e. The van der Waals surface area contributed by atoms with E-state index in [1.54, 1.807) is 0 Å². The molecule has 1 aliphatic heterocycles. The minimum atomic E-state index is -1.07. The molecule has 1 aliphatic rings. The molecule has 0 bridgehead atoms. The van der Waals surface area contributed by atoms with Crippen LogP contribution in [0.1, 0.15) is 21.5 Å². The highest BCUT2D eigenvalue weighted by Gasteiger charge is 2.24. The van der Waals surface area contributed by atoms with Crippen LogP contribution in [0, 0.1) is 11.6 Å². The van der Waals surface area contributed by atoms with E-state index >= 15 is 0 Å². The van der Waals surface area contributed by atoms with Gasteiger partial charge in [-0.1, -0.05) is 0 Å². The van der Waals surface area contributed by atoms with Crippen molar-refractivity contribution in [1.29, 1.82) is 0 Å². The molecular formula is C15H10F2N2O2. The number of nitrogens with one attached hydrogen (secondary N) is 1. The summed E-state index contributed by atoms with van der Waals surface area (Å²) in [5, 5.41) is 2.62. The smallest absolute Gasteiger partial charge is 0.228 e. The number of nitrogens with two attached hydrogens (primary N) is 1. The number of carbonyl (C=O) groups is 2. The first kappa shape index (κ1) is 13.2. The van der Waals surface area contributed by atoms with Gasteiger partial charge in [0.25, 0.3) is 0 Å². The second-order valence-electron chi connectivity index (χ2n) is 4.75. The third-order valence-electron chi connectivity index (χ3n) is 3.34. The molecule has 106 valence electrons. The first-order valence-corrected chi connectivity index (χ1v) is 6.18. The highest BCUT2D eigenvalue weighted by Crippen LogP contribution is 2.27. The van der Waals surface area contributed by atoms with Gasteiger partial charge in [0, 0.05) is 11.3 Å². The van der Waals surface area contributed by atoms with E-state index < -0.39 is 23.0 Å². The van der Waals surface area contributed by atoms with Crippen molar-refractivity contribution in [1.82, 2.24) is 0 Å². The van der Waals surface area contributed by atoms with Gasteiger partial charge in [-0.25, -0.2) is 8.78 Å². The van der Waals surface area contributed by atoms with E-state index in [4.69, 9.17) is 5.73 Å². The van der Waals surface area contributed by atoms with Crippen LogP contribution in [0.3, 0.4) is 0 Å². The van der Waals surface area contributed by atoms with Crippen molar-refractivity contribution in [3.63, 3.8) is 0 Å². The average Bonchev–Trinajstić information content (AvgIpc) is 2.82. The van der Waals surface area contributed by atoms with E-state index in [1.165, 1.54) is 18.2 Å². The van der Waals surface area contributed by atoms with Crippen LogP contribution in [0.25, 0.3) is 0 Å². The van der Waals surface area contributed by atoms with E-state index in [0.29, 0.717) is 11.3 Å². The molecule has 0 atom stereocenters. The molecule has 1 heterocycles. The Balaban J connectivity index is 2.06. The van der Waals surface area contributed by atoms with Crippen LogP contribution in [0.5, 0.6) is 0 Å². The van der Waals surface area contributed by atoms with E-state index in [9.17, 15) is 18.4 Å². The summed E-state index contributed by atoms with van der Waals surface area (Å²) in [6.07, 6.45) is 0.137. The molecule has 0 unspecified atom stereocenters. The maximum absolute atomic E-state index is 13.9. The molecule has 21 heavy (non-hydrogen) atoms. The van der Waals surface area contributed by atoms with Gasteiger partial charge in [0.2, 0.25) is 5.91 Å². The van der Waals surface area contributed by atoms with Crippen LogP contribution < -0.4 is 11.1 Å².